The molecule has 0 saturated carbocycles. The summed E-state index contributed by atoms with van der Waals surface area (Å²) in [6.07, 6.45) is 2.73. The number of hydrogen-bond donors (Lipinski definition) is 1. The third kappa shape index (κ3) is 5.53. The smallest absolute Gasteiger partial charge is 0.305 e. The number of ether oxygens (including phenoxy) is 1. The summed E-state index contributed by atoms with van der Waals surface area (Å²) in [7, 11) is 0. The van der Waals surface area contributed by atoms with E-state index in [0.29, 0.717) is 13.2 Å². The second-order valence-corrected chi connectivity index (χ2v) is 8.46. The fourth-order valence-electron chi connectivity index (χ4n) is 4.26. The van der Waals surface area contributed by atoms with E-state index in [9.17, 15) is 9.90 Å². The molecule has 0 unspecified atom stereocenters. The minimum absolute atomic E-state index is 0.0380. The molecule has 0 spiro atoms. The topological polar surface area (TPSA) is 53.0 Å². The first-order chi connectivity index (χ1) is 12.9. The zero-order valence-corrected chi connectivity index (χ0v) is 17.0. The second kappa shape index (κ2) is 9.18. The van der Waals surface area contributed by atoms with Crippen LogP contribution in [0.15, 0.2) is 12.1 Å². The summed E-state index contributed by atoms with van der Waals surface area (Å²) < 4.78 is 5.52. The van der Waals surface area contributed by atoms with Gasteiger partial charge in [-0.05, 0) is 68.0 Å². The van der Waals surface area contributed by atoms with Gasteiger partial charge in [0.05, 0.1) is 19.6 Å². The summed E-state index contributed by atoms with van der Waals surface area (Å²) in [5.41, 5.74) is 5.38. The van der Waals surface area contributed by atoms with E-state index in [0.717, 1.165) is 25.6 Å². The van der Waals surface area contributed by atoms with E-state index in [-0.39, 0.29) is 12.5 Å². The third-order valence-electron chi connectivity index (χ3n) is 6.20. The summed E-state index contributed by atoms with van der Waals surface area (Å²) in [4.78, 5) is 16.0. The minimum Gasteiger partial charge on any atom is -0.481 e. The standard InChI is InChI=1S/C22H34N2O3/c1-16-4-6-23(7-5-16)13-19-11-20(18(3)10-17(19)2)14-24-8-9-27-15-21(24)12-22(25)26/h10-11,16,21H,4-9,12-15H2,1-3H3,(H,25,26)/t21-/m0/s1. The van der Waals surface area contributed by atoms with Gasteiger partial charge in [-0.2, -0.15) is 0 Å². The van der Waals surface area contributed by atoms with Gasteiger partial charge in [0, 0.05) is 25.7 Å². The molecule has 1 atom stereocenters. The lowest BCUT2D eigenvalue weighted by Crippen LogP contribution is -2.46. The first-order valence-corrected chi connectivity index (χ1v) is 10.3. The average Bonchev–Trinajstić information content (AvgIpc) is 2.62. The number of morpholine rings is 1. The summed E-state index contributed by atoms with van der Waals surface area (Å²) >= 11 is 0. The number of rotatable bonds is 6. The highest BCUT2D eigenvalue weighted by molar-refractivity contribution is 5.67. The van der Waals surface area contributed by atoms with Crippen molar-refractivity contribution in [2.75, 3.05) is 32.8 Å². The highest BCUT2D eigenvalue weighted by Crippen LogP contribution is 2.24. The fourth-order valence-corrected chi connectivity index (χ4v) is 4.26. The molecular formula is C22H34N2O3. The van der Waals surface area contributed by atoms with Crippen LogP contribution in [0.1, 0.15) is 48.4 Å². The van der Waals surface area contributed by atoms with Crippen LogP contribution in [0, 0.1) is 19.8 Å². The summed E-state index contributed by atoms with van der Waals surface area (Å²) in [5.74, 6) is 0.0968. The molecule has 5 nitrogen and oxygen atoms in total. The maximum atomic E-state index is 11.2. The lowest BCUT2D eigenvalue weighted by molar-refractivity contribution is -0.140. The van der Waals surface area contributed by atoms with Gasteiger partial charge in [-0.3, -0.25) is 14.6 Å². The maximum absolute atomic E-state index is 11.2. The Hall–Kier alpha value is -1.43. The fraction of sp³-hybridized carbons (Fsp3) is 0.682. The Bertz CT molecular complexity index is 653. The molecule has 2 heterocycles. The number of carboxylic acids is 1. The van der Waals surface area contributed by atoms with Gasteiger partial charge in [-0.25, -0.2) is 0 Å². The normalized spacial score (nSPS) is 22.9. The van der Waals surface area contributed by atoms with Crippen molar-refractivity contribution in [3.05, 3.63) is 34.4 Å². The molecule has 2 fully saturated rings. The molecule has 5 heteroatoms. The monoisotopic (exact) mass is 374 g/mol. The van der Waals surface area contributed by atoms with Crippen LogP contribution in [0.25, 0.3) is 0 Å². The molecule has 0 amide bonds. The Labute approximate surface area is 163 Å². The first-order valence-electron chi connectivity index (χ1n) is 10.3. The van der Waals surface area contributed by atoms with Gasteiger partial charge < -0.3 is 9.84 Å². The molecule has 27 heavy (non-hydrogen) atoms. The Morgan fingerprint density at radius 3 is 2.44 bits per heavy atom. The number of aliphatic carboxylic acids is 1. The number of piperidine rings is 1. The molecule has 1 aromatic carbocycles. The number of aryl methyl sites for hydroxylation is 2. The van der Waals surface area contributed by atoms with Crippen molar-refractivity contribution in [3.63, 3.8) is 0 Å². The minimum atomic E-state index is -0.754. The van der Waals surface area contributed by atoms with Crippen LogP contribution in [0.4, 0.5) is 0 Å². The van der Waals surface area contributed by atoms with E-state index in [4.69, 9.17) is 4.74 Å². The largest absolute Gasteiger partial charge is 0.481 e. The van der Waals surface area contributed by atoms with Crippen molar-refractivity contribution in [1.29, 1.82) is 0 Å². The van der Waals surface area contributed by atoms with Crippen LogP contribution < -0.4 is 0 Å². The highest BCUT2D eigenvalue weighted by Gasteiger charge is 2.26. The molecular weight excluding hydrogens is 340 g/mol. The van der Waals surface area contributed by atoms with Crippen molar-refractivity contribution in [1.82, 2.24) is 9.80 Å². The van der Waals surface area contributed by atoms with Crippen LogP contribution in [0.5, 0.6) is 0 Å². The van der Waals surface area contributed by atoms with Crippen molar-refractivity contribution < 1.29 is 14.6 Å². The van der Waals surface area contributed by atoms with E-state index in [1.54, 1.807) is 0 Å². The van der Waals surface area contributed by atoms with Crippen LogP contribution >= 0.6 is 0 Å². The van der Waals surface area contributed by atoms with Gasteiger partial charge >= 0.3 is 5.97 Å². The van der Waals surface area contributed by atoms with Crippen molar-refractivity contribution >= 4 is 5.97 Å². The Morgan fingerprint density at radius 1 is 1.11 bits per heavy atom. The molecule has 1 N–H and O–H groups in total. The lowest BCUT2D eigenvalue weighted by atomic mass is 9.96. The van der Waals surface area contributed by atoms with E-state index in [1.165, 1.54) is 48.2 Å². The highest BCUT2D eigenvalue weighted by atomic mass is 16.5. The summed E-state index contributed by atoms with van der Waals surface area (Å²) in [6, 6.07) is 4.61. The first kappa shape index (κ1) is 20.3. The van der Waals surface area contributed by atoms with E-state index < -0.39 is 5.97 Å². The average molecular weight is 375 g/mol. The molecule has 0 bridgehead atoms. The molecule has 2 aliphatic heterocycles. The predicted octanol–water partition coefficient (Wildman–Crippen LogP) is 3.21. The van der Waals surface area contributed by atoms with Crippen LogP contribution in [0.2, 0.25) is 0 Å². The number of carbonyl (C=O) groups is 1. The molecule has 0 aliphatic carbocycles. The van der Waals surface area contributed by atoms with Gasteiger partial charge in [0.2, 0.25) is 0 Å². The van der Waals surface area contributed by atoms with E-state index >= 15 is 0 Å². The third-order valence-corrected chi connectivity index (χ3v) is 6.20. The summed E-state index contributed by atoms with van der Waals surface area (Å²) in [5, 5.41) is 9.20. The molecule has 0 radical (unpaired) electrons. The van der Waals surface area contributed by atoms with Gasteiger partial charge in [0.25, 0.3) is 0 Å². The van der Waals surface area contributed by atoms with E-state index in [1.807, 2.05) is 0 Å². The molecule has 2 aliphatic rings. The van der Waals surface area contributed by atoms with Crippen LogP contribution in [-0.2, 0) is 22.6 Å². The number of likely N-dealkylation sites (tertiary alicyclic amines) is 1. The zero-order valence-electron chi connectivity index (χ0n) is 17.0. The zero-order chi connectivity index (χ0) is 19.4. The van der Waals surface area contributed by atoms with Gasteiger partial charge in [0.15, 0.2) is 0 Å². The Kier molecular flexibility index (Phi) is 6.90. The number of nitrogens with zero attached hydrogens (tertiary/aromatic N) is 2. The van der Waals surface area contributed by atoms with Gasteiger partial charge in [0.1, 0.15) is 0 Å². The van der Waals surface area contributed by atoms with E-state index in [2.05, 4.69) is 42.7 Å². The number of benzene rings is 1. The second-order valence-electron chi connectivity index (χ2n) is 8.46. The number of carboxylic acid groups (broad SMARTS) is 1. The van der Waals surface area contributed by atoms with Gasteiger partial charge in [-0.15, -0.1) is 0 Å². The number of hydrogen-bond acceptors (Lipinski definition) is 4. The summed E-state index contributed by atoms with van der Waals surface area (Å²) in [6.45, 7) is 12.9. The Morgan fingerprint density at radius 2 is 1.78 bits per heavy atom. The van der Waals surface area contributed by atoms with Crippen molar-refractivity contribution in [2.24, 2.45) is 5.92 Å². The molecule has 0 aromatic heterocycles. The SMILES string of the molecule is Cc1cc(C)c(CN2CCOC[C@@H]2CC(=O)O)cc1CN1CCC(C)CC1. The van der Waals surface area contributed by atoms with Crippen molar-refractivity contribution in [2.45, 2.75) is 59.2 Å². The van der Waals surface area contributed by atoms with Gasteiger partial charge in [-0.1, -0.05) is 19.1 Å². The van der Waals surface area contributed by atoms with Crippen LogP contribution in [-0.4, -0.2) is 59.8 Å². The predicted molar refractivity (Wildman–Crippen MR) is 107 cm³/mol. The molecule has 150 valence electrons. The molecule has 3 rings (SSSR count). The Balaban J connectivity index is 1.71. The van der Waals surface area contributed by atoms with Crippen molar-refractivity contribution in [3.8, 4) is 0 Å². The molecule has 1 aromatic rings. The lowest BCUT2D eigenvalue weighted by Gasteiger charge is -2.35. The van der Waals surface area contributed by atoms with Crippen LogP contribution in [0.3, 0.4) is 0 Å². The quantitative estimate of drug-likeness (QED) is 0.829. The molecule has 2 saturated heterocycles. The maximum Gasteiger partial charge on any atom is 0.305 e.